The molecular formula is C16H23NO3. The van der Waals surface area contributed by atoms with E-state index in [1.807, 2.05) is 26.0 Å². The van der Waals surface area contributed by atoms with Crippen molar-refractivity contribution in [1.29, 1.82) is 0 Å². The Morgan fingerprint density at radius 2 is 1.75 bits per heavy atom. The predicted octanol–water partition coefficient (Wildman–Crippen LogP) is 2.94. The molecule has 4 heteroatoms. The zero-order valence-corrected chi connectivity index (χ0v) is 12.6. The number of amides is 1. The molecule has 0 aliphatic rings. The molecule has 0 radical (unpaired) electrons. The van der Waals surface area contributed by atoms with E-state index in [-0.39, 0.29) is 5.91 Å². The third kappa shape index (κ3) is 2.84. The number of aliphatic carboxylic acids is 1. The maximum atomic E-state index is 12.0. The molecule has 0 aliphatic heterocycles. The van der Waals surface area contributed by atoms with Crippen LogP contribution in [-0.4, -0.2) is 28.4 Å². The number of hydrogen-bond acceptors (Lipinski definition) is 2. The van der Waals surface area contributed by atoms with E-state index >= 15 is 0 Å². The maximum Gasteiger partial charge on any atom is 0.334 e. The van der Waals surface area contributed by atoms with Gasteiger partial charge >= 0.3 is 5.97 Å². The Morgan fingerprint density at radius 3 is 2.10 bits per heavy atom. The molecule has 0 heterocycles. The normalized spacial score (nSPS) is 13.6. The van der Waals surface area contributed by atoms with Crippen molar-refractivity contribution in [3.8, 4) is 0 Å². The van der Waals surface area contributed by atoms with Gasteiger partial charge in [-0.25, -0.2) is 4.79 Å². The van der Waals surface area contributed by atoms with Gasteiger partial charge in [-0.05, 0) is 25.3 Å². The van der Waals surface area contributed by atoms with Crippen LogP contribution in [0.15, 0.2) is 24.3 Å². The summed E-state index contributed by atoms with van der Waals surface area (Å²) in [5.41, 5.74) is 0.436. The number of carbonyl (C=O) groups excluding carboxylic acids is 1. The van der Waals surface area contributed by atoms with Crippen molar-refractivity contribution in [2.45, 2.75) is 46.1 Å². The van der Waals surface area contributed by atoms with Gasteiger partial charge in [0.1, 0.15) is 0 Å². The quantitative estimate of drug-likeness (QED) is 0.869. The molecule has 0 saturated carbocycles. The van der Waals surface area contributed by atoms with E-state index in [4.69, 9.17) is 0 Å². The second-order valence-electron chi connectivity index (χ2n) is 5.06. The number of aryl methyl sites for hydroxylation is 1. The molecule has 0 spiro atoms. The zero-order chi connectivity index (χ0) is 15.3. The first-order chi connectivity index (χ1) is 9.40. The molecule has 0 aromatic heterocycles. The molecule has 0 fully saturated rings. The lowest BCUT2D eigenvalue weighted by Gasteiger charge is -2.40. The first-order valence-corrected chi connectivity index (χ1v) is 6.98. The molecule has 1 amide bonds. The third-order valence-electron chi connectivity index (χ3n) is 3.68. The van der Waals surface area contributed by atoms with Crippen LogP contribution in [-0.2, 0) is 15.1 Å². The Kier molecular flexibility index (Phi) is 5.31. The monoisotopic (exact) mass is 277 g/mol. The van der Waals surface area contributed by atoms with Crippen LogP contribution >= 0.6 is 0 Å². The average molecular weight is 277 g/mol. The van der Waals surface area contributed by atoms with Gasteiger partial charge in [-0.1, -0.05) is 43.7 Å². The molecule has 1 aromatic carbocycles. The smallest absolute Gasteiger partial charge is 0.334 e. The third-order valence-corrected chi connectivity index (χ3v) is 3.68. The highest BCUT2D eigenvalue weighted by Crippen LogP contribution is 2.33. The summed E-state index contributed by atoms with van der Waals surface area (Å²) in [7, 11) is 0. The van der Waals surface area contributed by atoms with Gasteiger partial charge in [-0.3, -0.25) is 4.79 Å². The van der Waals surface area contributed by atoms with Crippen molar-refractivity contribution in [2.75, 3.05) is 6.54 Å². The molecule has 1 N–H and O–H groups in total. The molecule has 1 unspecified atom stereocenters. The van der Waals surface area contributed by atoms with E-state index in [0.717, 1.165) is 12.0 Å². The molecular weight excluding hydrogens is 254 g/mol. The molecule has 1 aromatic rings. The van der Waals surface area contributed by atoms with Gasteiger partial charge in [0.2, 0.25) is 5.91 Å². The van der Waals surface area contributed by atoms with Crippen LogP contribution < -0.4 is 0 Å². The van der Waals surface area contributed by atoms with E-state index in [0.29, 0.717) is 18.5 Å². The lowest BCUT2D eigenvalue weighted by molar-refractivity contribution is -0.160. The van der Waals surface area contributed by atoms with Crippen LogP contribution in [0.4, 0.5) is 0 Å². The second-order valence-corrected chi connectivity index (χ2v) is 5.06. The fraction of sp³-hybridized carbons (Fsp3) is 0.500. The van der Waals surface area contributed by atoms with Crippen LogP contribution in [0.2, 0.25) is 0 Å². The van der Waals surface area contributed by atoms with E-state index in [1.165, 1.54) is 11.8 Å². The summed E-state index contributed by atoms with van der Waals surface area (Å²) in [6.07, 6.45) is 1.06. The molecule has 1 rings (SSSR count). The Hall–Kier alpha value is -1.84. The van der Waals surface area contributed by atoms with Crippen molar-refractivity contribution >= 4 is 11.9 Å². The molecule has 1 atom stereocenters. The molecule has 0 aliphatic carbocycles. The van der Waals surface area contributed by atoms with E-state index < -0.39 is 11.5 Å². The molecule has 20 heavy (non-hydrogen) atoms. The fourth-order valence-electron chi connectivity index (χ4n) is 2.61. The maximum absolute atomic E-state index is 12.0. The van der Waals surface area contributed by atoms with E-state index in [2.05, 4.69) is 0 Å². The van der Waals surface area contributed by atoms with E-state index in [9.17, 15) is 14.7 Å². The summed E-state index contributed by atoms with van der Waals surface area (Å²) in [4.78, 5) is 25.4. The van der Waals surface area contributed by atoms with Crippen LogP contribution in [0.1, 0.15) is 44.7 Å². The van der Waals surface area contributed by atoms with Gasteiger partial charge in [0.25, 0.3) is 0 Å². The standard InChI is InChI=1S/C16H23NO3/c1-5-11-17(13(4)18)16(6-2,15(19)20)14-9-7-12(3)8-10-14/h7-10H,5-6,11H2,1-4H3,(H,19,20). The van der Waals surface area contributed by atoms with Gasteiger partial charge in [0.15, 0.2) is 5.54 Å². The molecule has 0 saturated heterocycles. The highest BCUT2D eigenvalue weighted by atomic mass is 16.4. The summed E-state index contributed by atoms with van der Waals surface area (Å²) in [5, 5.41) is 9.80. The van der Waals surface area contributed by atoms with Crippen LogP contribution in [0.5, 0.6) is 0 Å². The lowest BCUT2D eigenvalue weighted by atomic mass is 9.84. The minimum Gasteiger partial charge on any atom is -0.479 e. The number of nitrogens with zero attached hydrogens (tertiary/aromatic N) is 1. The largest absolute Gasteiger partial charge is 0.479 e. The van der Waals surface area contributed by atoms with Crippen LogP contribution in [0, 0.1) is 6.92 Å². The van der Waals surface area contributed by atoms with Crippen molar-refractivity contribution in [2.24, 2.45) is 0 Å². The Bertz CT molecular complexity index is 481. The topological polar surface area (TPSA) is 57.6 Å². The van der Waals surface area contributed by atoms with Gasteiger partial charge < -0.3 is 10.0 Å². The summed E-state index contributed by atoms with van der Waals surface area (Å²) in [5.74, 6) is -1.19. The Morgan fingerprint density at radius 1 is 1.20 bits per heavy atom. The van der Waals surface area contributed by atoms with Gasteiger partial charge in [-0.15, -0.1) is 0 Å². The Balaban J connectivity index is 3.44. The number of hydrogen-bond donors (Lipinski definition) is 1. The van der Waals surface area contributed by atoms with E-state index in [1.54, 1.807) is 19.1 Å². The lowest BCUT2D eigenvalue weighted by Crippen LogP contribution is -2.54. The van der Waals surface area contributed by atoms with Crippen molar-refractivity contribution < 1.29 is 14.7 Å². The minimum absolute atomic E-state index is 0.211. The summed E-state index contributed by atoms with van der Waals surface area (Å²) < 4.78 is 0. The molecule has 0 bridgehead atoms. The summed E-state index contributed by atoms with van der Waals surface area (Å²) >= 11 is 0. The first-order valence-electron chi connectivity index (χ1n) is 6.98. The average Bonchev–Trinajstić information content (AvgIpc) is 2.40. The number of carboxylic acids is 1. The second kappa shape index (κ2) is 6.55. The van der Waals surface area contributed by atoms with Crippen LogP contribution in [0.3, 0.4) is 0 Å². The SMILES string of the molecule is CCCN(C(C)=O)C(CC)(C(=O)O)c1ccc(C)cc1. The van der Waals surface area contributed by atoms with Crippen molar-refractivity contribution in [3.05, 3.63) is 35.4 Å². The highest BCUT2D eigenvalue weighted by Gasteiger charge is 2.45. The minimum atomic E-state index is -1.28. The van der Waals surface area contributed by atoms with Crippen molar-refractivity contribution in [1.82, 2.24) is 4.90 Å². The number of rotatable bonds is 6. The predicted molar refractivity (Wildman–Crippen MR) is 78.5 cm³/mol. The van der Waals surface area contributed by atoms with Crippen LogP contribution in [0.25, 0.3) is 0 Å². The highest BCUT2D eigenvalue weighted by molar-refractivity contribution is 5.87. The van der Waals surface area contributed by atoms with Gasteiger partial charge in [-0.2, -0.15) is 0 Å². The number of carbonyl (C=O) groups is 2. The summed E-state index contributed by atoms with van der Waals surface area (Å²) in [6, 6.07) is 7.37. The number of benzene rings is 1. The van der Waals surface area contributed by atoms with Gasteiger partial charge in [0, 0.05) is 13.5 Å². The van der Waals surface area contributed by atoms with Gasteiger partial charge in [0.05, 0.1) is 0 Å². The Labute approximate surface area is 120 Å². The zero-order valence-electron chi connectivity index (χ0n) is 12.6. The number of carboxylic acid groups (broad SMARTS) is 1. The molecule has 4 nitrogen and oxygen atoms in total. The summed E-state index contributed by atoms with van der Waals surface area (Å²) in [6.45, 7) is 7.56. The first kappa shape index (κ1) is 16.2. The van der Waals surface area contributed by atoms with Crippen molar-refractivity contribution in [3.63, 3.8) is 0 Å². The fourth-order valence-corrected chi connectivity index (χ4v) is 2.61. The molecule has 110 valence electrons.